The van der Waals surface area contributed by atoms with Crippen LogP contribution in [0.25, 0.3) is 0 Å². The lowest BCUT2D eigenvalue weighted by molar-refractivity contribution is -0.270. The molecule has 2 N–H and O–H groups in total. The molecule has 7 nitrogen and oxygen atoms in total. The van der Waals surface area contributed by atoms with Crippen molar-refractivity contribution in [2.45, 2.75) is 63.3 Å². The molecule has 0 aromatic heterocycles. The quantitative estimate of drug-likeness (QED) is 0.503. The third-order valence-electron chi connectivity index (χ3n) is 8.53. The molecule has 7 heteroatoms. The Labute approximate surface area is 174 Å². The van der Waals surface area contributed by atoms with Gasteiger partial charge in [0.05, 0.1) is 30.3 Å². The number of hydrogen-bond donors (Lipinski definition) is 2. The largest absolute Gasteiger partial charge is 0.462 e. The second-order valence-corrected chi connectivity index (χ2v) is 10.0. The third kappa shape index (κ3) is 3.63. The van der Waals surface area contributed by atoms with Gasteiger partial charge in [0.1, 0.15) is 6.10 Å². The summed E-state index contributed by atoms with van der Waals surface area (Å²) in [5, 5.41) is 15.4. The van der Waals surface area contributed by atoms with E-state index in [0.29, 0.717) is 13.0 Å². The first kappa shape index (κ1) is 21.5. The number of ether oxygens (including phenoxy) is 3. The summed E-state index contributed by atoms with van der Waals surface area (Å²) < 4.78 is 17.1. The Morgan fingerprint density at radius 3 is 2.72 bits per heavy atom. The molecule has 0 aromatic rings. The maximum absolute atomic E-state index is 12.7. The van der Waals surface area contributed by atoms with E-state index in [1.165, 1.54) is 0 Å². The van der Waals surface area contributed by atoms with Crippen LogP contribution in [0.4, 0.5) is 0 Å². The number of morpholine rings is 1. The van der Waals surface area contributed by atoms with E-state index in [4.69, 9.17) is 14.2 Å². The highest BCUT2D eigenvalue weighted by atomic mass is 16.6. The number of nitrogens with zero attached hydrogens (tertiary/aromatic N) is 1. The van der Waals surface area contributed by atoms with E-state index in [-0.39, 0.29) is 29.3 Å². The zero-order valence-corrected chi connectivity index (χ0v) is 18.2. The van der Waals surface area contributed by atoms with E-state index in [9.17, 15) is 9.90 Å². The predicted octanol–water partition coefficient (Wildman–Crippen LogP) is 1.19. The van der Waals surface area contributed by atoms with Crippen molar-refractivity contribution in [1.82, 2.24) is 10.2 Å². The summed E-state index contributed by atoms with van der Waals surface area (Å²) in [5.41, 5.74) is -1.80. The summed E-state index contributed by atoms with van der Waals surface area (Å²) in [7, 11) is 1.71. The fraction of sp³-hybridized carbons (Fsp3) is 0.955. The molecule has 2 heterocycles. The predicted molar refractivity (Wildman–Crippen MR) is 109 cm³/mol. The van der Waals surface area contributed by atoms with Gasteiger partial charge in [-0.25, -0.2) is 0 Å². The topological polar surface area (TPSA) is 80.3 Å². The van der Waals surface area contributed by atoms with Crippen LogP contribution in [0.3, 0.4) is 0 Å². The van der Waals surface area contributed by atoms with Gasteiger partial charge in [0.25, 0.3) is 0 Å². The molecule has 166 valence electrons. The van der Waals surface area contributed by atoms with Gasteiger partial charge in [0, 0.05) is 51.2 Å². The summed E-state index contributed by atoms with van der Waals surface area (Å²) in [6.45, 7) is 10.2. The SMILES string of the molecule is CO[C@]1(C)CCC[C@]2(C)C[C@H]3OC(=O)[C@H](CNCCN4CCOCC4)[C@H]3C[C@@]21O. The Hall–Kier alpha value is -0.730. The molecule has 4 rings (SSSR count). The molecular weight excluding hydrogens is 372 g/mol. The van der Waals surface area contributed by atoms with Crippen molar-refractivity contribution >= 4 is 5.97 Å². The zero-order chi connectivity index (χ0) is 20.7. The Morgan fingerprint density at radius 1 is 1.24 bits per heavy atom. The zero-order valence-electron chi connectivity index (χ0n) is 18.2. The first-order chi connectivity index (χ1) is 13.8. The van der Waals surface area contributed by atoms with Gasteiger partial charge in [-0.15, -0.1) is 0 Å². The normalized spacial score (nSPS) is 45.5. The van der Waals surface area contributed by atoms with Crippen LogP contribution in [-0.4, -0.2) is 86.3 Å². The minimum absolute atomic E-state index is 0.0454. The lowest BCUT2D eigenvalue weighted by Crippen LogP contribution is -2.69. The van der Waals surface area contributed by atoms with Crippen LogP contribution >= 0.6 is 0 Å². The Kier molecular flexibility index (Phi) is 5.99. The van der Waals surface area contributed by atoms with Crippen molar-refractivity contribution in [3.05, 3.63) is 0 Å². The third-order valence-corrected chi connectivity index (χ3v) is 8.53. The Balaban J connectivity index is 1.40. The smallest absolute Gasteiger partial charge is 0.310 e. The van der Waals surface area contributed by atoms with Gasteiger partial charge in [-0.3, -0.25) is 9.69 Å². The number of esters is 1. The van der Waals surface area contributed by atoms with Gasteiger partial charge in [0.15, 0.2) is 0 Å². The van der Waals surface area contributed by atoms with E-state index in [2.05, 4.69) is 17.1 Å². The van der Waals surface area contributed by atoms with Crippen LogP contribution in [0, 0.1) is 17.3 Å². The molecular formula is C22H38N2O5. The van der Waals surface area contributed by atoms with Gasteiger partial charge >= 0.3 is 5.97 Å². The molecule has 0 bridgehead atoms. The summed E-state index contributed by atoms with van der Waals surface area (Å²) in [5.74, 6) is -0.255. The van der Waals surface area contributed by atoms with Crippen LogP contribution in [0.1, 0.15) is 46.0 Å². The number of methoxy groups -OCH3 is 1. The molecule has 4 aliphatic rings. The number of nitrogens with one attached hydrogen (secondary N) is 1. The fourth-order valence-corrected chi connectivity index (χ4v) is 6.44. The lowest BCUT2D eigenvalue weighted by atomic mass is 9.49. The highest BCUT2D eigenvalue weighted by Gasteiger charge is 2.67. The first-order valence-corrected chi connectivity index (χ1v) is 11.3. The van der Waals surface area contributed by atoms with E-state index >= 15 is 0 Å². The van der Waals surface area contributed by atoms with Crippen LogP contribution < -0.4 is 5.32 Å². The maximum Gasteiger partial charge on any atom is 0.310 e. The molecule has 29 heavy (non-hydrogen) atoms. The number of rotatable bonds is 6. The van der Waals surface area contributed by atoms with E-state index < -0.39 is 11.2 Å². The van der Waals surface area contributed by atoms with Gasteiger partial charge < -0.3 is 24.6 Å². The van der Waals surface area contributed by atoms with E-state index in [1.54, 1.807) is 7.11 Å². The minimum Gasteiger partial charge on any atom is -0.462 e. The van der Waals surface area contributed by atoms with Gasteiger partial charge in [-0.2, -0.15) is 0 Å². The number of carbonyl (C=O) groups excluding carboxylic acids is 1. The summed E-state index contributed by atoms with van der Waals surface area (Å²) in [6, 6.07) is 0. The van der Waals surface area contributed by atoms with Gasteiger partial charge in [-0.1, -0.05) is 6.92 Å². The van der Waals surface area contributed by atoms with Crippen molar-refractivity contribution < 1.29 is 24.1 Å². The van der Waals surface area contributed by atoms with Crippen molar-refractivity contribution in [3.8, 4) is 0 Å². The van der Waals surface area contributed by atoms with Gasteiger partial charge in [-0.05, 0) is 39.0 Å². The van der Waals surface area contributed by atoms with Crippen LogP contribution in [0.15, 0.2) is 0 Å². The number of carbonyl (C=O) groups is 1. The maximum atomic E-state index is 12.7. The van der Waals surface area contributed by atoms with Crippen molar-refractivity contribution in [2.24, 2.45) is 17.3 Å². The molecule has 2 saturated heterocycles. The molecule has 2 aliphatic heterocycles. The van der Waals surface area contributed by atoms with E-state index in [0.717, 1.165) is 65.1 Å². The molecule has 0 spiro atoms. The molecule has 6 atom stereocenters. The summed E-state index contributed by atoms with van der Waals surface area (Å²) in [6.07, 6.45) is 4.04. The molecule has 0 aromatic carbocycles. The van der Waals surface area contributed by atoms with Crippen LogP contribution in [0.5, 0.6) is 0 Å². The first-order valence-electron chi connectivity index (χ1n) is 11.3. The standard InChI is InChI=1S/C22H38N2O5/c1-20-5-4-6-21(2,27-3)22(20,26)13-16-17(19(25)29-18(16)14-20)15-23-7-8-24-9-11-28-12-10-24/h16-18,23,26H,4-15H2,1-3H3/t16-,17-,18-,20-,21-,22-/m1/s1. The number of fused-ring (bicyclic) bond motifs is 2. The molecule has 2 aliphatic carbocycles. The molecule has 0 amide bonds. The molecule has 2 saturated carbocycles. The average Bonchev–Trinajstić information content (AvgIpc) is 2.99. The highest BCUT2D eigenvalue weighted by molar-refractivity contribution is 5.75. The van der Waals surface area contributed by atoms with Crippen LogP contribution in [0.2, 0.25) is 0 Å². The Bertz CT molecular complexity index is 612. The Morgan fingerprint density at radius 2 is 2.00 bits per heavy atom. The second kappa shape index (κ2) is 8.08. The lowest BCUT2D eigenvalue weighted by Gasteiger charge is -2.62. The molecule has 0 radical (unpaired) electrons. The van der Waals surface area contributed by atoms with Gasteiger partial charge in [0.2, 0.25) is 0 Å². The summed E-state index contributed by atoms with van der Waals surface area (Å²) >= 11 is 0. The van der Waals surface area contributed by atoms with E-state index in [1.807, 2.05) is 6.92 Å². The number of hydrogen-bond acceptors (Lipinski definition) is 7. The number of aliphatic hydroxyl groups is 1. The highest BCUT2D eigenvalue weighted by Crippen LogP contribution is 2.61. The summed E-state index contributed by atoms with van der Waals surface area (Å²) in [4.78, 5) is 15.1. The second-order valence-electron chi connectivity index (χ2n) is 10.0. The van der Waals surface area contributed by atoms with Crippen molar-refractivity contribution in [3.63, 3.8) is 0 Å². The molecule has 0 unspecified atom stereocenters. The van der Waals surface area contributed by atoms with Crippen molar-refractivity contribution in [1.29, 1.82) is 0 Å². The average molecular weight is 411 g/mol. The van der Waals surface area contributed by atoms with Crippen LogP contribution in [-0.2, 0) is 19.0 Å². The monoisotopic (exact) mass is 410 g/mol. The minimum atomic E-state index is -0.936. The molecule has 4 fully saturated rings. The fourth-order valence-electron chi connectivity index (χ4n) is 6.44. The van der Waals surface area contributed by atoms with Crippen molar-refractivity contribution in [2.75, 3.05) is 53.0 Å².